The van der Waals surface area contributed by atoms with Crippen LogP contribution in [0.1, 0.15) is 5.56 Å². The maximum atomic E-state index is 9.87. The number of aromatic amines is 1. The van der Waals surface area contributed by atoms with Gasteiger partial charge in [-0.1, -0.05) is 23.0 Å². The summed E-state index contributed by atoms with van der Waals surface area (Å²) in [4.78, 5) is 0. The van der Waals surface area contributed by atoms with Gasteiger partial charge < -0.3 is 10.8 Å². The number of nitrogens with two attached hydrogens (primary N) is 1. The molecule has 3 aromatic rings. The summed E-state index contributed by atoms with van der Waals surface area (Å²) in [6.45, 7) is 1.96. The largest absolute Gasteiger partial charge is 0.507 e. The number of nitrogen functional groups attached to an aromatic ring is 1. The maximum Gasteiger partial charge on any atom is 0.203 e. The van der Waals surface area contributed by atoms with Crippen LogP contribution in [-0.2, 0) is 0 Å². The zero-order chi connectivity index (χ0) is 13.4. The Morgan fingerprint density at radius 1 is 1.26 bits per heavy atom. The Labute approximate surface area is 112 Å². The van der Waals surface area contributed by atoms with Crippen LogP contribution in [-0.4, -0.2) is 25.5 Å². The quantitative estimate of drug-likeness (QED) is 0.664. The molecule has 0 aliphatic heterocycles. The van der Waals surface area contributed by atoms with Gasteiger partial charge in [-0.25, -0.2) is 0 Å². The number of hydrogen-bond acceptors (Lipinski definition) is 6. The highest BCUT2D eigenvalue weighted by Gasteiger charge is 2.12. The molecule has 4 N–H and O–H groups in total. The Bertz CT molecular complexity index is 733. The number of nitrogens with one attached hydrogen (secondary N) is 1. The maximum absolute atomic E-state index is 9.87. The van der Waals surface area contributed by atoms with Crippen molar-refractivity contribution in [2.45, 2.75) is 6.92 Å². The van der Waals surface area contributed by atoms with Crippen LogP contribution in [0.15, 0.2) is 24.3 Å². The van der Waals surface area contributed by atoms with Crippen LogP contribution in [0.5, 0.6) is 5.75 Å². The molecule has 0 spiro atoms. The lowest BCUT2D eigenvalue weighted by atomic mass is 10.1. The summed E-state index contributed by atoms with van der Waals surface area (Å²) >= 11 is 1.28. The van der Waals surface area contributed by atoms with Crippen LogP contribution in [0.25, 0.3) is 22.0 Å². The molecule has 1 aromatic carbocycles. The fourth-order valence-electron chi connectivity index (χ4n) is 1.77. The van der Waals surface area contributed by atoms with E-state index in [1.165, 1.54) is 11.3 Å². The van der Waals surface area contributed by atoms with Crippen LogP contribution in [0.3, 0.4) is 0 Å². The third-order valence-electron chi connectivity index (χ3n) is 2.68. The average molecular weight is 273 g/mol. The molecule has 0 fully saturated rings. The molecule has 0 unspecified atom stereocenters. The first-order valence-electron chi connectivity index (χ1n) is 5.58. The lowest BCUT2D eigenvalue weighted by Crippen LogP contribution is -1.81. The Hall–Kier alpha value is -2.41. The van der Waals surface area contributed by atoms with E-state index in [4.69, 9.17) is 5.73 Å². The van der Waals surface area contributed by atoms with Gasteiger partial charge in [-0.15, -0.1) is 10.2 Å². The van der Waals surface area contributed by atoms with Gasteiger partial charge in [0.15, 0.2) is 5.01 Å². The van der Waals surface area contributed by atoms with Crippen molar-refractivity contribution >= 4 is 16.5 Å². The van der Waals surface area contributed by atoms with Gasteiger partial charge in [0.05, 0.1) is 11.4 Å². The van der Waals surface area contributed by atoms with Gasteiger partial charge in [0.2, 0.25) is 5.13 Å². The Morgan fingerprint density at radius 2 is 2.11 bits per heavy atom. The molecule has 0 aliphatic carbocycles. The highest BCUT2D eigenvalue weighted by Crippen LogP contribution is 2.31. The van der Waals surface area contributed by atoms with Crippen molar-refractivity contribution in [1.29, 1.82) is 0 Å². The fourth-order valence-corrected chi connectivity index (χ4v) is 2.34. The standard InChI is InChI=1S/C12H11N5OS/c1-6-2-3-10(18)7(4-6)8-5-9(15-14-8)11-16-17-12(13)19-11/h2-5,18H,1H3,(H2,13,17)(H,14,15). The van der Waals surface area contributed by atoms with Crippen LogP contribution < -0.4 is 5.73 Å². The van der Waals surface area contributed by atoms with Crippen LogP contribution >= 0.6 is 11.3 Å². The zero-order valence-corrected chi connectivity index (χ0v) is 10.9. The number of benzene rings is 1. The van der Waals surface area contributed by atoms with E-state index in [0.717, 1.165) is 11.3 Å². The number of nitrogens with zero attached hydrogens (tertiary/aromatic N) is 3. The first kappa shape index (κ1) is 11.7. The van der Waals surface area contributed by atoms with E-state index >= 15 is 0 Å². The number of phenols is 1. The number of phenolic OH excluding ortho intramolecular Hbond substituents is 1. The second kappa shape index (κ2) is 4.36. The van der Waals surface area contributed by atoms with E-state index in [2.05, 4.69) is 20.4 Å². The first-order chi connectivity index (χ1) is 9.13. The van der Waals surface area contributed by atoms with Crippen LogP contribution in [0, 0.1) is 6.92 Å². The number of anilines is 1. The monoisotopic (exact) mass is 273 g/mol. The lowest BCUT2D eigenvalue weighted by Gasteiger charge is -2.01. The normalized spacial score (nSPS) is 10.8. The Kier molecular flexibility index (Phi) is 2.68. The molecule has 0 saturated carbocycles. The molecule has 0 bridgehead atoms. The fraction of sp³-hybridized carbons (Fsp3) is 0.0833. The summed E-state index contributed by atoms with van der Waals surface area (Å²) in [5.74, 6) is 0.195. The minimum absolute atomic E-state index is 0.195. The van der Waals surface area contributed by atoms with E-state index in [0.29, 0.717) is 21.4 Å². The molecule has 2 heterocycles. The van der Waals surface area contributed by atoms with E-state index in [-0.39, 0.29) is 5.75 Å². The third kappa shape index (κ3) is 2.15. The van der Waals surface area contributed by atoms with Crippen molar-refractivity contribution in [3.63, 3.8) is 0 Å². The van der Waals surface area contributed by atoms with Crippen molar-refractivity contribution in [1.82, 2.24) is 20.4 Å². The number of H-pyrrole nitrogens is 1. The molecule has 0 saturated heterocycles. The molecule has 2 aromatic heterocycles. The summed E-state index contributed by atoms with van der Waals surface area (Å²) in [6.07, 6.45) is 0. The predicted molar refractivity (Wildman–Crippen MR) is 73.7 cm³/mol. The van der Waals surface area contributed by atoms with Crippen molar-refractivity contribution < 1.29 is 5.11 Å². The van der Waals surface area contributed by atoms with Crippen LogP contribution in [0.4, 0.5) is 5.13 Å². The molecule has 96 valence electrons. The van der Waals surface area contributed by atoms with Gasteiger partial charge in [-0.3, -0.25) is 5.10 Å². The predicted octanol–water partition coefficient (Wildman–Crippen LogP) is 2.19. The van der Waals surface area contributed by atoms with Crippen LogP contribution in [0.2, 0.25) is 0 Å². The third-order valence-corrected chi connectivity index (χ3v) is 3.46. The lowest BCUT2D eigenvalue weighted by molar-refractivity contribution is 0.477. The van der Waals surface area contributed by atoms with E-state index < -0.39 is 0 Å². The Morgan fingerprint density at radius 3 is 2.84 bits per heavy atom. The molecular weight excluding hydrogens is 262 g/mol. The van der Waals surface area contributed by atoms with Gasteiger partial charge in [0.25, 0.3) is 0 Å². The molecule has 3 rings (SSSR count). The van der Waals surface area contributed by atoms with E-state index in [1.807, 2.05) is 25.1 Å². The molecule has 0 amide bonds. The van der Waals surface area contributed by atoms with E-state index in [1.54, 1.807) is 6.07 Å². The average Bonchev–Trinajstić information content (AvgIpc) is 3.00. The Balaban J connectivity index is 2.03. The van der Waals surface area contributed by atoms with Crippen molar-refractivity contribution in [2.75, 3.05) is 5.73 Å². The highest BCUT2D eigenvalue weighted by atomic mass is 32.1. The summed E-state index contributed by atoms with van der Waals surface area (Å²) in [6, 6.07) is 7.19. The minimum Gasteiger partial charge on any atom is -0.507 e. The highest BCUT2D eigenvalue weighted by molar-refractivity contribution is 7.18. The SMILES string of the molecule is Cc1ccc(O)c(-c2cc(-c3nnc(N)s3)[nH]n2)c1. The van der Waals surface area contributed by atoms with Gasteiger partial charge in [0.1, 0.15) is 5.75 Å². The molecule has 0 atom stereocenters. The molecule has 6 nitrogen and oxygen atoms in total. The summed E-state index contributed by atoms with van der Waals surface area (Å²) in [7, 11) is 0. The minimum atomic E-state index is 0.195. The number of aromatic nitrogens is 4. The van der Waals surface area contributed by atoms with Gasteiger partial charge in [0, 0.05) is 5.56 Å². The summed E-state index contributed by atoms with van der Waals surface area (Å²) in [5.41, 5.74) is 8.67. The molecule has 0 aliphatic rings. The van der Waals surface area contributed by atoms with Crippen molar-refractivity contribution in [3.05, 3.63) is 29.8 Å². The number of aromatic hydroxyl groups is 1. The number of rotatable bonds is 2. The second-order valence-electron chi connectivity index (χ2n) is 4.13. The summed E-state index contributed by atoms with van der Waals surface area (Å²) in [5, 5.41) is 25.7. The van der Waals surface area contributed by atoms with Gasteiger partial charge >= 0.3 is 0 Å². The first-order valence-corrected chi connectivity index (χ1v) is 6.40. The molecule has 19 heavy (non-hydrogen) atoms. The van der Waals surface area contributed by atoms with Crippen molar-refractivity contribution in [2.24, 2.45) is 0 Å². The van der Waals surface area contributed by atoms with Gasteiger partial charge in [-0.2, -0.15) is 5.10 Å². The van der Waals surface area contributed by atoms with Crippen molar-refractivity contribution in [3.8, 4) is 27.7 Å². The smallest absolute Gasteiger partial charge is 0.203 e. The molecular formula is C12H11N5OS. The number of hydrogen-bond donors (Lipinski definition) is 3. The van der Waals surface area contributed by atoms with Gasteiger partial charge in [-0.05, 0) is 25.1 Å². The van der Waals surface area contributed by atoms with E-state index in [9.17, 15) is 5.11 Å². The summed E-state index contributed by atoms with van der Waals surface area (Å²) < 4.78 is 0. The second-order valence-corrected chi connectivity index (χ2v) is 5.14. The molecule has 0 radical (unpaired) electrons. The topological polar surface area (TPSA) is 101 Å². The zero-order valence-electron chi connectivity index (χ0n) is 10.1. The molecule has 7 heteroatoms. The number of aryl methyl sites for hydroxylation is 1.